The third-order valence-corrected chi connectivity index (χ3v) is 1.76. The zero-order valence-electron chi connectivity index (χ0n) is 6.84. The van der Waals surface area contributed by atoms with Crippen molar-refractivity contribution in [1.82, 2.24) is 0 Å². The van der Waals surface area contributed by atoms with Gasteiger partial charge in [-0.05, 0) is 19.9 Å². The van der Waals surface area contributed by atoms with E-state index < -0.39 is 0 Å². The van der Waals surface area contributed by atoms with E-state index in [9.17, 15) is 0 Å². The fourth-order valence-corrected chi connectivity index (χ4v) is 1.13. The van der Waals surface area contributed by atoms with Crippen molar-refractivity contribution in [1.29, 1.82) is 0 Å². The van der Waals surface area contributed by atoms with E-state index in [-0.39, 0.29) is 18.0 Å². The molecular formula is C7H16ClNO2. The molecule has 1 saturated heterocycles. The summed E-state index contributed by atoms with van der Waals surface area (Å²) < 4.78 is 10.8. The Labute approximate surface area is 73.6 Å². The van der Waals surface area contributed by atoms with E-state index in [0.29, 0.717) is 19.8 Å². The highest BCUT2D eigenvalue weighted by atomic mass is 35.5. The minimum absolute atomic E-state index is 0. The number of nitrogens with two attached hydrogens (primary N) is 1. The van der Waals surface area contributed by atoms with Gasteiger partial charge in [0.15, 0.2) is 0 Å². The summed E-state index contributed by atoms with van der Waals surface area (Å²) in [6.07, 6.45) is 0.882. The summed E-state index contributed by atoms with van der Waals surface area (Å²) >= 11 is 0. The van der Waals surface area contributed by atoms with Gasteiger partial charge < -0.3 is 15.2 Å². The van der Waals surface area contributed by atoms with Gasteiger partial charge >= 0.3 is 0 Å². The molecule has 1 unspecified atom stereocenters. The lowest BCUT2D eigenvalue weighted by Crippen LogP contribution is -2.41. The number of hydrogen-bond donors (Lipinski definition) is 1. The van der Waals surface area contributed by atoms with E-state index >= 15 is 0 Å². The number of ether oxygens (including phenoxy) is 2. The normalized spacial score (nSPS) is 31.1. The summed E-state index contributed by atoms with van der Waals surface area (Å²) in [5, 5.41) is 0. The quantitative estimate of drug-likeness (QED) is 0.677. The Hall–Kier alpha value is 0.170. The first-order chi connectivity index (χ1) is 4.77. The van der Waals surface area contributed by atoms with Crippen LogP contribution in [0.2, 0.25) is 0 Å². The van der Waals surface area contributed by atoms with Crippen molar-refractivity contribution in [2.24, 2.45) is 5.73 Å². The first-order valence-corrected chi connectivity index (χ1v) is 3.69. The predicted octanol–water partition coefficient (Wildman–Crippen LogP) is 0.562. The largest absolute Gasteiger partial charge is 0.376 e. The number of rotatable bonds is 2. The number of halogens is 1. The standard InChI is InChI=1S/C7H15NO2.ClH/c1-7(2-3-8)6-9-4-5-10-7;/h2-6,8H2,1H3;1H. The fraction of sp³-hybridized carbons (Fsp3) is 1.00. The first kappa shape index (κ1) is 11.2. The van der Waals surface area contributed by atoms with Crippen LogP contribution in [0.3, 0.4) is 0 Å². The highest BCUT2D eigenvalue weighted by molar-refractivity contribution is 5.85. The Morgan fingerprint density at radius 1 is 1.45 bits per heavy atom. The Kier molecular flexibility index (Phi) is 5.01. The summed E-state index contributed by atoms with van der Waals surface area (Å²) in [6, 6.07) is 0. The van der Waals surface area contributed by atoms with E-state index in [0.717, 1.165) is 13.0 Å². The predicted molar refractivity (Wildman–Crippen MR) is 46.1 cm³/mol. The van der Waals surface area contributed by atoms with Gasteiger partial charge in [-0.25, -0.2) is 0 Å². The lowest BCUT2D eigenvalue weighted by molar-refractivity contribution is -0.149. The molecule has 1 aliphatic heterocycles. The average Bonchev–Trinajstić information content (AvgIpc) is 1.89. The molecule has 0 spiro atoms. The highest BCUT2D eigenvalue weighted by Crippen LogP contribution is 2.18. The highest BCUT2D eigenvalue weighted by Gasteiger charge is 2.27. The Bertz CT molecular complexity index is 99.1. The molecule has 1 aliphatic rings. The summed E-state index contributed by atoms with van der Waals surface area (Å²) in [6.45, 7) is 4.82. The van der Waals surface area contributed by atoms with Gasteiger partial charge in [-0.1, -0.05) is 0 Å². The zero-order chi connectivity index (χ0) is 7.45. The summed E-state index contributed by atoms with van der Waals surface area (Å²) in [7, 11) is 0. The maximum atomic E-state index is 5.50. The molecule has 0 aromatic carbocycles. The van der Waals surface area contributed by atoms with Crippen LogP contribution in [0.5, 0.6) is 0 Å². The third kappa shape index (κ3) is 3.38. The molecule has 0 amide bonds. The second-order valence-corrected chi connectivity index (χ2v) is 2.89. The van der Waals surface area contributed by atoms with Crippen LogP contribution in [0.4, 0.5) is 0 Å². The molecule has 0 radical (unpaired) electrons. The second kappa shape index (κ2) is 4.93. The third-order valence-electron chi connectivity index (χ3n) is 1.76. The van der Waals surface area contributed by atoms with Crippen LogP contribution in [0, 0.1) is 0 Å². The van der Waals surface area contributed by atoms with Crippen LogP contribution >= 0.6 is 12.4 Å². The van der Waals surface area contributed by atoms with Crippen molar-refractivity contribution < 1.29 is 9.47 Å². The van der Waals surface area contributed by atoms with Crippen LogP contribution < -0.4 is 5.73 Å². The van der Waals surface area contributed by atoms with Gasteiger partial charge in [0.05, 0.1) is 25.4 Å². The Morgan fingerprint density at radius 3 is 2.64 bits per heavy atom. The molecule has 4 heteroatoms. The number of hydrogen-bond acceptors (Lipinski definition) is 3. The lowest BCUT2D eigenvalue weighted by atomic mass is 10.0. The maximum Gasteiger partial charge on any atom is 0.0900 e. The molecule has 68 valence electrons. The van der Waals surface area contributed by atoms with Gasteiger partial charge in [0, 0.05) is 0 Å². The minimum Gasteiger partial charge on any atom is -0.376 e. The average molecular weight is 182 g/mol. The molecule has 3 nitrogen and oxygen atoms in total. The fourth-order valence-electron chi connectivity index (χ4n) is 1.13. The molecular weight excluding hydrogens is 166 g/mol. The molecule has 1 rings (SSSR count). The molecule has 11 heavy (non-hydrogen) atoms. The second-order valence-electron chi connectivity index (χ2n) is 2.89. The molecule has 1 fully saturated rings. The maximum absolute atomic E-state index is 5.50. The summed E-state index contributed by atoms with van der Waals surface area (Å²) in [5.41, 5.74) is 5.29. The van der Waals surface area contributed by atoms with E-state index in [1.54, 1.807) is 0 Å². The van der Waals surface area contributed by atoms with Crippen LogP contribution in [0.1, 0.15) is 13.3 Å². The van der Waals surface area contributed by atoms with Gasteiger partial charge in [-0.3, -0.25) is 0 Å². The summed E-state index contributed by atoms with van der Waals surface area (Å²) in [4.78, 5) is 0. The van der Waals surface area contributed by atoms with Crippen molar-refractivity contribution >= 4 is 12.4 Å². The van der Waals surface area contributed by atoms with Gasteiger partial charge in [-0.2, -0.15) is 0 Å². The molecule has 0 aromatic rings. The van der Waals surface area contributed by atoms with E-state index in [1.807, 2.05) is 6.92 Å². The van der Waals surface area contributed by atoms with Crippen molar-refractivity contribution in [2.75, 3.05) is 26.4 Å². The van der Waals surface area contributed by atoms with Crippen LogP contribution in [-0.2, 0) is 9.47 Å². The molecule has 0 bridgehead atoms. The molecule has 1 heterocycles. The van der Waals surface area contributed by atoms with Crippen LogP contribution in [0.15, 0.2) is 0 Å². The van der Waals surface area contributed by atoms with Crippen molar-refractivity contribution in [3.05, 3.63) is 0 Å². The van der Waals surface area contributed by atoms with E-state index in [2.05, 4.69) is 0 Å². The van der Waals surface area contributed by atoms with Crippen molar-refractivity contribution in [3.63, 3.8) is 0 Å². The molecule has 0 saturated carbocycles. The van der Waals surface area contributed by atoms with Crippen molar-refractivity contribution in [3.8, 4) is 0 Å². The van der Waals surface area contributed by atoms with Gasteiger partial charge in [-0.15, -0.1) is 12.4 Å². The molecule has 0 aromatic heterocycles. The summed E-state index contributed by atoms with van der Waals surface area (Å²) in [5.74, 6) is 0. The minimum atomic E-state index is -0.118. The van der Waals surface area contributed by atoms with Gasteiger partial charge in [0.25, 0.3) is 0 Å². The van der Waals surface area contributed by atoms with Crippen molar-refractivity contribution in [2.45, 2.75) is 18.9 Å². The van der Waals surface area contributed by atoms with Gasteiger partial charge in [0.1, 0.15) is 0 Å². The lowest BCUT2D eigenvalue weighted by Gasteiger charge is -2.33. The smallest absolute Gasteiger partial charge is 0.0900 e. The Morgan fingerprint density at radius 2 is 2.18 bits per heavy atom. The molecule has 0 aliphatic carbocycles. The zero-order valence-corrected chi connectivity index (χ0v) is 7.65. The Balaban J connectivity index is 0.000001000. The topological polar surface area (TPSA) is 44.5 Å². The van der Waals surface area contributed by atoms with Gasteiger partial charge in [0.2, 0.25) is 0 Å². The SMILES string of the molecule is CC1(CCN)COCCO1.Cl. The van der Waals surface area contributed by atoms with E-state index in [1.165, 1.54) is 0 Å². The van der Waals surface area contributed by atoms with E-state index in [4.69, 9.17) is 15.2 Å². The van der Waals surface area contributed by atoms with Crippen LogP contribution in [0.25, 0.3) is 0 Å². The monoisotopic (exact) mass is 181 g/mol. The van der Waals surface area contributed by atoms with Crippen LogP contribution in [-0.4, -0.2) is 32.0 Å². The molecule has 1 atom stereocenters. The molecule has 2 N–H and O–H groups in total. The first-order valence-electron chi connectivity index (χ1n) is 3.69.